The molecule has 0 bridgehead atoms. The largest absolute Gasteiger partial charge is 0.337 e. The number of nitrogens with zero attached hydrogens (tertiary/aromatic N) is 2. The van der Waals surface area contributed by atoms with Gasteiger partial charge < -0.3 is 10.2 Å². The van der Waals surface area contributed by atoms with E-state index in [1.165, 1.54) is 17.4 Å². The number of halogens is 2. The van der Waals surface area contributed by atoms with Gasteiger partial charge in [-0.2, -0.15) is 0 Å². The second kappa shape index (κ2) is 6.84. The standard InChI is InChI=1S/C16H17ClFN3OS/c1-10-5-7-21(8-6-10)15(22)13-9-23-16(20-13)19-12-4-2-3-11(18)14(12)17/h2-4,9-10H,5-8H2,1H3,(H,19,20). The molecule has 0 saturated carbocycles. The zero-order chi connectivity index (χ0) is 16.4. The highest BCUT2D eigenvalue weighted by atomic mass is 35.5. The van der Waals surface area contributed by atoms with E-state index in [0.717, 1.165) is 25.9 Å². The van der Waals surface area contributed by atoms with Crippen LogP contribution in [-0.2, 0) is 0 Å². The van der Waals surface area contributed by atoms with Gasteiger partial charge in [-0.25, -0.2) is 9.37 Å². The Morgan fingerprint density at radius 2 is 2.17 bits per heavy atom. The van der Waals surface area contributed by atoms with Gasteiger partial charge in [0.2, 0.25) is 0 Å². The molecule has 7 heteroatoms. The third-order valence-corrected chi connectivity index (χ3v) is 5.13. The number of benzene rings is 1. The SMILES string of the molecule is CC1CCN(C(=O)c2csc(Nc3cccc(F)c3Cl)n2)CC1. The van der Waals surface area contributed by atoms with E-state index in [1.807, 2.05) is 4.90 Å². The summed E-state index contributed by atoms with van der Waals surface area (Å²) in [6, 6.07) is 4.53. The zero-order valence-corrected chi connectivity index (χ0v) is 14.3. The molecular weight excluding hydrogens is 337 g/mol. The van der Waals surface area contributed by atoms with E-state index >= 15 is 0 Å². The van der Waals surface area contributed by atoms with Crippen molar-refractivity contribution >= 4 is 39.7 Å². The number of hydrogen-bond donors (Lipinski definition) is 1. The van der Waals surface area contributed by atoms with Crippen LogP contribution in [0.2, 0.25) is 5.02 Å². The van der Waals surface area contributed by atoms with Crippen molar-refractivity contribution in [3.63, 3.8) is 0 Å². The van der Waals surface area contributed by atoms with Crippen LogP contribution in [0, 0.1) is 11.7 Å². The van der Waals surface area contributed by atoms with Gasteiger partial charge in [0.05, 0.1) is 10.7 Å². The second-order valence-corrected chi connectivity index (χ2v) is 6.98. The molecule has 1 aliphatic rings. The Kier molecular flexibility index (Phi) is 4.82. The zero-order valence-electron chi connectivity index (χ0n) is 12.7. The molecule has 3 rings (SSSR count). The second-order valence-electron chi connectivity index (χ2n) is 5.74. The van der Waals surface area contributed by atoms with Crippen LogP contribution in [0.25, 0.3) is 0 Å². The Labute approximate surface area is 143 Å². The summed E-state index contributed by atoms with van der Waals surface area (Å²) in [5.74, 6) is 0.125. The third kappa shape index (κ3) is 3.64. The number of thiazole rings is 1. The van der Waals surface area contributed by atoms with Crippen LogP contribution < -0.4 is 5.32 Å². The number of hydrogen-bond acceptors (Lipinski definition) is 4. The van der Waals surface area contributed by atoms with Gasteiger partial charge in [0.25, 0.3) is 5.91 Å². The molecule has 2 heterocycles. The molecule has 0 atom stereocenters. The first-order valence-electron chi connectivity index (χ1n) is 7.50. The number of carbonyl (C=O) groups is 1. The fourth-order valence-electron chi connectivity index (χ4n) is 2.52. The Morgan fingerprint density at radius 3 is 2.91 bits per heavy atom. The van der Waals surface area contributed by atoms with Crippen molar-refractivity contribution < 1.29 is 9.18 Å². The van der Waals surface area contributed by atoms with Gasteiger partial charge in [0.1, 0.15) is 11.5 Å². The van der Waals surface area contributed by atoms with E-state index in [0.29, 0.717) is 22.4 Å². The molecular formula is C16H17ClFN3OS. The van der Waals surface area contributed by atoms with Crippen LogP contribution >= 0.6 is 22.9 Å². The molecule has 23 heavy (non-hydrogen) atoms. The van der Waals surface area contributed by atoms with Gasteiger partial charge in [0.15, 0.2) is 5.13 Å². The summed E-state index contributed by atoms with van der Waals surface area (Å²) in [7, 11) is 0. The summed E-state index contributed by atoms with van der Waals surface area (Å²) >= 11 is 7.21. The molecule has 1 N–H and O–H groups in total. The first kappa shape index (κ1) is 16.2. The van der Waals surface area contributed by atoms with E-state index < -0.39 is 5.82 Å². The monoisotopic (exact) mass is 353 g/mol. The summed E-state index contributed by atoms with van der Waals surface area (Å²) in [6.45, 7) is 3.75. The smallest absolute Gasteiger partial charge is 0.273 e. The van der Waals surface area contributed by atoms with Gasteiger partial charge >= 0.3 is 0 Å². The quantitative estimate of drug-likeness (QED) is 0.880. The molecule has 1 aliphatic heterocycles. The van der Waals surface area contributed by atoms with Crippen molar-refractivity contribution in [3.8, 4) is 0 Å². The Hall–Kier alpha value is -1.66. The maximum atomic E-state index is 13.4. The van der Waals surface area contributed by atoms with Crippen LogP contribution in [0.4, 0.5) is 15.2 Å². The van der Waals surface area contributed by atoms with Gasteiger partial charge in [-0.1, -0.05) is 24.6 Å². The number of piperidine rings is 1. The number of aromatic nitrogens is 1. The fraction of sp³-hybridized carbons (Fsp3) is 0.375. The maximum absolute atomic E-state index is 13.4. The van der Waals surface area contributed by atoms with Crippen LogP contribution in [0.1, 0.15) is 30.3 Å². The lowest BCUT2D eigenvalue weighted by atomic mass is 9.99. The van der Waals surface area contributed by atoms with Crippen molar-refractivity contribution in [2.45, 2.75) is 19.8 Å². The van der Waals surface area contributed by atoms with Crippen LogP contribution in [0.15, 0.2) is 23.6 Å². The molecule has 0 spiro atoms. The summed E-state index contributed by atoms with van der Waals surface area (Å²) in [4.78, 5) is 18.6. The lowest BCUT2D eigenvalue weighted by Gasteiger charge is -2.29. The molecule has 0 unspecified atom stereocenters. The number of anilines is 2. The fourth-order valence-corrected chi connectivity index (χ4v) is 3.39. The summed E-state index contributed by atoms with van der Waals surface area (Å²) in [6.07, 6.45) is 2.06. The van der Waals surface area contributed by atoms with Crippen LogP contribution in [0.5, 0.6) is 0 Å². The Balaban J connectivity index is 1.70. The predicted molar refractivity (Wildman–Crippen MR) is 91.1 cm³/mol. The highest BCUT2D eigenvalue weighted by Gasteiger charge is 2.23. The first-order chi connectivity index (χ1) is 11.0. The highest BCUT2D eigenvalue weighted by Crippen LogP contribution is 2.29. The van der Waals surface area contributed by atoms with Gasteiger partial charge in [-0.15, -0.1) is 11.3 Å². The van der Waals surface area contributed by atoms with Gasteiger partial charge in [-0.3, -0.25) is 4.79 Å². The number of likely N-dealkylation sites (tertiary alicyclic amines) is 1. The van der Waals surface area contributed by atoms with Gasteiger partial charge in [0, 0.05) is 18.5 Å². The maximum Gasteiger partial charge on any atom is 0.273 e. The van der Waals surface area contributed by atoms with E-state index in [-0.39, 0.29) is 10.9 Å². The summed E-state index contributed by atoms with van der Waals surface area (Å²) in [5.41, 5.74) is 0.853. The molecule has 4 nitrogen and oxygen atoms in total. The molecule has 0 radical (unpaired) electrons. The van der Waals surface area contributed by atoms with E-state index in [2.05, 4.69) is 17.2 Å². The van der Waals surface area contributed by atoms with Crippen LogP contribution in [-0.4, -0.2) is 28.9 Å². The van der Waals surface area contributed by atoms with E-state index in [1.54, 1.807) is 17.5 Å². The Morgan fingerprint density at radius 1 is 1.43 bits per heavy atom. The predicted octanol–water partition coefficient (Wildman–Crippen LogP) is 4.55. The first-order valence-corrected chi connectivity index (χ1v) is 8.76. The summed E-state index contributed by atoms with van der Waals surface area (Å²) < 4.78 is 13.4. The Bertz CT molecular complexity index is 713. The van der Waals surface area contributed by atoms with Gasteiger partial charge in [-0.05, 0) is 30.9 Å². The molecule has 1 fully saturated rings. The minimum atomic E-state index is -0.494. The van der Waals surface area contributed by atoms with Crippen molar-refractivity contribution in [1.82, 2.24) is 9.88 Å². The number of amides is 1. The average molecular weight is 354 g/mol. The third-order valence-electron chi connectivity index (χ3n) is 3.99. The molecule has 1 aromatic heterocycles. The minimum Gasteiger partial charge on any atom is -0.337 e. The molecule has 0 aliphatic carbocycles. The molecule has 1 amide bonds. The number of nitrogens with one attached hydrogen (secondary N) is 1. The normalized spacial score (nSPS) is 15.7. The van der Waals surface area contributed by atoms with Crippen LogP contribution in [0.3, 0.4) is 0 Å². The summed E-state index contributed by atoms with van der Waals surface area (Å²) in [5, 5.41) is 5.22. The molecule has 122 valence electrons. The van der Waals surface area contributed by atoms with E-state index in [9.17, 15) is 9.18 Å². The number of rotatable bonds is 3. The van der Waals surface area contributed by atoms with Crippen molar-refractivity contribution in [2.75, 3.05) is 18.4 Å². The van der Waals surface area contributed by atoms with Crippen molar-refractivity contribution in [3.05, 3.63) is 40.1 Å². The topological polar surface area (TPSA) is 45.2 Å². The van der Waals surface area contributed by atoms with E-state index in [4.69, 9.17) is 11.6 Å². The highest BCUT2D eigenvalue weighted by molar-refractivity contribution is 7.14. The minimum absolute atomic E-state index is 0.0144. The molecule has 1 aromatic carbocycles. The lowest BCUT2D eigenvalue weighted by molar-refractivity contribution is 0.0692. The molecule has 2 aromatic rings. The lowest BCUT2D eigenvalue weighted by Crippen LogP contribution is -2.38. The average Bonchev–Trinajstić information content (AvgIpc) is 3.00. The number of carbonyl (C=O) groups excluding carboxylic acids is 1. The van der Waals surface area contributed by atoms with Crippen molar-refractivity contribution in [1.29, 1.82) is 0 Å². The van der Waals surface area contributed by atoms with Crippen molar-refractivity contribution in [2.24, 2.45) is 5.92 Å². The molecule has 1 saturated heterocycles.